The number of rotatable bonds is 3. The molecule has 20 heavy (non-hydrogen) atoms. The van der Waals surface area contributed by atoms with E-state index in [1.165, 1.54) is 22.9 Å². The molecule has 0 aliphatic heterocycles. The van der Waals surface area contributed by atoms with Gasteiger partial charge in [0, 0.05) is 17.3 Å². The molecule has 0 amide bonds. The number of hydrogen-bond acceptors (Lipinski definition) is 3. The van der Waals surface area contributed by atoms with Gasteiger partial charge < -0.3 is 9.67 Å². The number of hydrogen-bond donors (Lipinski definition) is 1. The predicted molar refractivity (Wildman–Crippen MR) is 72.9 cm³/mol. The van der Waals surface area contributed by atoms with Gasteiger partial charge in [-0.05, 0) is 23.8 Å². The maximum Gasteiger partial charge on any atom is 0.335 e. The van der Waals surface area contributed by atoms with Crippen LogP contribution in [0.3, 0.4) is 0 Å². The monoisotopic (exact) mass is 288 g/mol. The minimum absolute atomic E-state index is 0.0582. The third-order valence-corrected chi connectivity index (χ3v) is 3.12. The maximum absolute atomic E-state index is 11.8. The van der Waals surface area contributed by atoms with Gasteiger partial charge in [0.05, 0.1) is 23.7 Å². The molecule has 1 heterocycles. The van der Waals surface area contributed by atoms with Gasteiger partial charge in [0.1, 0.15) is 0 Å². The molecule has 0 atom stereocenters. The Labute approximate surface area is 119 Å². The summed E-state index contributed by atoms with van der Waals surface area (Å²) in [5.41, 5.74) is 0.630. The summed E-state index contributed by atoms with van der Waals surface area (Å²) in [7, 11) is 0. The lowest BCUT2D eigenvalue weighted by Gasteiger charge is -2.08. The van der Waals surface area contributed by atoms with Crippen LogP contribution in [0.5, 0.6) is 0 Å². The maximum atomic E-state index is 11.8. The topological polar surface area (TPSA) is 83.1 Å². The van der Waals surface area contributed by atoms with Crippen molar-refractivity contribution in [1.82, 2.24) is 4.57 Å². The summed E-state index contributed by atoms with van der Waals surface area (Å²) in [6.45, 7) is 0.212. The minimum atomic E-state index is -1.15. The molecule has 0 saturated heterocycles. The molecule has 1 aromatic carbocycles. The fourth-order valence-corrected chi connectivity index (χ4v) is 1.94. The summed E-state index contributed by atoms with van der Waals surface area (Å²) < 4.78 is 1.35. The van der Waals surface area contributed by atoms with Crippen molar-refractivity contribution >= 4 is 17.6 Å². The zero-order valence-electron chi connectivity index (χ0n) is 10.2. The molecule has 1 aromatic heterocycles. The summed E-state index contributed by atoms with van der Waals surface area (Å²) in [5.74, 6) is -1.15. The van der Waals surface area contributed by atoms with Gasteiger partial charge in [0.15, 0.2) is 0 Å². The molecule has 0 fully saturated rings. The van der Waals surface area contributed by atoms with Crippen molar-refractivity contribution in [3.63, 3.8) is 0 Å². The smallest absolute Gasteiger partial charge is 0.335 e. The van der Waals surface area contributed by atoms with E-state index in [0.29, 0.717) is 16.1 Å². The van der Waals surface area contributed by atoms with E-state index in [0.717, 1.165) is 6.07 Å². The average molecular weight is 289 g/mol. The number of carbonyl (C=O) groups is 1. The number of carboxylic acid groups (broad SMARTS) is 1. The van der Waals surface area contributed by atoms with Crippen LogP contribution in [0.15, 0.2) is 41.3 Å². The van der Waals surface area contributed by atoms with E-state index in [9.17, 15) is 9.59 Å². The fourth-order valence-electron chi connectivity index (χ4n) is 1.70. The van der Waals surface area contributed by atoms with Crippen LogP contribution in [-0.2, 0) is 6.54 Å². The van der Waals surface area contributed by atoms with Crippen molar-refractivity contribution < 1.29 is 9.90 Å². The number of pyridine rings is 1. The van der Waals surface area contributed by atoms with Gasteiger partial charge in [0.2, 0.25) is 0 Å². The quantitative estimate of drug-likeness (QED) is 0.937. The first-order valence-electron chi connectivity index (χ1n) is 5.63. The number of halogens is 1. The van der Waals surface area contributed by atoms with E-state index in [1.54, 1.807) is 12.1 Å². The van der Waals surface area contributed by atoms with Crippen molar-refractivity contribution in [1.29, 1.82) is 5.26 Å². The predicted octanol–water partition coefficient (Wildman–Crippen LogP) is 2.12. The molecule has 1 N–H and O–H groups in total. The van der Waals surface area contributed by atoms with Crippen molar-refractivity contribution in [2.45, 2.75) is 6.54 Å². The van der Waals surface area contributed by atoms with Crippen LogP contribution in [0.2, 0.25) is 5.02 Å². The zero-order valence-corrected chi connectivity index (χ0v) is 11.0. The third-order valence-electron chi connectivity index (χ3n) is 2.77. The van der Waals surface area contributed by atoms with Gasteiger partial charge in [-0.1, -0.05) is 17.7 Å². The summed E-state index contributed by atoms with van der Waals surface area (Å²) in [6, 6.07) is 9.17. The first-order valence-corrected chi connectivity index (χ1v) is 6.01. The first kappa shape index (κ1) is 13.8. The molecule has 2 rings (SSSR count). The molecule has 0 aliphatic rings. The molecule has 5 nitrogen and oxygen atoms in total. The van der Waals surface area contributed by atoms with Crippen molar-refractivity contribution in [3.8, 4) is 6.07 Å². The Bertz CT molecular complexity index is 775. The molecular formula is C14H9ClN2O3. The van der Waals surface area contributed by atoms with E-state index in [2.05, 4.69) is 0 Å². The summed E-state index contributed by atoms with van der Waals surface area (Å²) in [5, 5.41) is 17.9. The van der Waals surface area contributed by atoms with E-state index in [1.807, 2.05) is 6.07 Å². The van der Waals surface area contributed by atoms with E-state index in [-0.39, 0.29) is 12.1 Å². The first-order chi connectivity index (χ1) is 9.51. The van der Waals surface area contributed by atoms with Gasteiger partial charge in [0.25, 0.3) is 5.56 Å². The van der Waals surface area contributed by atoms with E-state index in [4.69, 9.17) is 22.0 Å². The summed E-state index contributed by atoms with van der Waals surface area (Å²) >= 11 is 6.03. The van der Waals surface area contributed by atoms with Gasteiger partial charge in [-0.15, -0.1) is 0 Å². The van der Waals surface area contributed by atoms with Crippen molar-refractivity contribution in [3.05, 3.63) is 68.6 Å². The van der Waals surface area contributed by atoms with Crippen molar-refractivity contribution in [2.75, 3.05) is 0 Å². The van der Waals surface area contributed by atoms with Crippen LogP contribution in [0.1, 0.15) is 21.5 Å². The van der Waals surface area contributed by atoms with Gasteiger partial charge in [-0.2, -0.15) is 5.26 Å². The van der Waals surface area contributed by atoms with Crippen LogP contribution < -0.4 is 5.56 Å². The van der Waals surface area contributed by atoms with Crippen LogP contribution in [-0.4, -0.2) is 15.6 Å². The molecule has 0 aliphatic carbocycles. The highest BCUT2D eigenvalue weighted by Gasteiger charge is 2.07. The standard InChI is InChI=1S/C14H9ClN2O3/c15-12-5-9(7-16)1-2-11(12)8-17-4-3-10(14(19)20)6-13(17)18/h1-6H,8H2,(H,19,20). The second-order valence-electron chi connectivity index (χ2n) is 4.10. The molecule has 6 heteroatoms. The lowest BCUT2D eigenvalue weighted by atomic mass is 10.1. The third kappa shape index (κ3) is 2.87. The Kier molecular flexibility index (Phi) is 3.87. The van der Waals surface area contributed by atoms with E-state index >= 15 is 0 Å². The van der Waals surface area contributed by atoms with Crippen LogP contribution >= 0.6 is 11.6 Å². The van der Waals surface area contributed by atoms with Gasteiger partial charge >= 0.3 is 5.97 Å². The second-order valence-corrected chi connectivity index (χ2v) is 4.51. The number of nitrogens with zero attached hydrogens (tertiary/aromatic N) is 2. The Hall–Kier alpha value is -2.58. The summed E-state index contributed by atoms with van der Waals surface area (Å²) in [6.07, 6.45) is 1.40. The zero-order chi connectivity index (χ0) is 14.7. The minimum Gasteiger partial charge on any atom is -0.478 e. The SMILES string of the molecule is N#Cc1ccc(Cn2ccc(C(=O)O)cc2=O)c(Cl)c1. The molecular weight excluding hydrogens is 280 g/mol. The number of nitriles is 1. The number of benzene rings is 1. The molecule has 0 spiro atoms. The highest BCUT2D eigenvalue weighted by atomic mass is 35.5. The average Bonchev–Trinajstić information content (AvgIpc) is 2.42. The van der Waals surface area contributed by atoms with E-state index < -0.39 is 11.5 Å². The summed E-state index contributed by atoms with van der Waals surface area (Å²) in [4.78, 5) is 22.5. The van der Waals surface area contributed by atoms with Crippen LogP contribution in [0.25, 0.3) is 0 Å². The lowest BCUT2D eigenvalue weighted by molar-refractivity contribution is 0.0696. The molecule has 0 saturated carbocycles. The highest BCUT2D eigenvalue weighted by Crippen LogP contribution is 2.18. The molecule has 0 unspecified atom stereocenters. The molecule has 100 valence electrons. The fraction of sp³-hybridized carbons (Fsp3) is 0.0714. The Morgan fingerprint density at radius 3 is 2.65 bits per heavy atom. The largest absolute Gasteiger partial charge is 0.478 e. The molecule has 0 bridgehead atoms. The lowest BCUT2D eigenvalue weighted by Crippen LogP contribution is -2.21. The number of aromatic nitrogens is 1. The number of carboxylic acids is 1. The second kappa shape index (κ2) is 5.59. The number of aromatic carboxylic acids is 1. The van der Waals surface area contributed by atoms with Gasteiger partial charge in [-0.3, -0.25) is 4.79 Å². The van der Waals surface area contributed by atoms with Crippen LogP contribution in [0, 0.1) is 11.3 Å². The Morgan fingerprint density at radius 2 is 2.10 bits per heavy atom. The van der Waals surface area contributed by atoms with Crippen molar-refractivity contribution in [2.24, 2.45) is 0 Å². The van der Waals surface area contributed by atoms with Crippen LogP contribution in [0.4, 0.5) is 0 Å². The van der Waals surface area contributed by atoms with Gasteiger partial charge in [-0.25, -0.2) is 4.79 Å². The molecule has 2 aromatic rings. The molecule has 0 radical (unpaired) electrons. The normalized spacial score (nSPS) is 10.0. The Balaban J connectivity index is 2.34. The highest BCUT2D eigenvalue weighted by molar-refractivity contribution is 6.31. The Morgan fingerprint density at radius 1 is 1.35 bits per heavy atom.